The van der Waals surface area contributed by atoms with E-state index >= 15 is 0 Å². The lowest BCUT2D eigenvalue weighted by molar-refractivity contribution is -0.276. The molecule has 258 valence electrons. The summed E-state index contributed by atoms with van der Waals surface area (Å²) in [5.74, 6) is -0.235. The third-order valence-electron chi connectivity index (χ3n) is 9.45. The topological polar surface area (TPSA) is 96.8 Å². The van der Waals surface area contributed by atoms with Crippen LogP contribution in [0.4, 0.5) is 0 Å². The summed E-state index contributed by atoms with van der Waals surface area (Å²) in [7, 11) is 0. The zero-order valence-corrected chi connectivity index (χ0v) is 28.6. The molecule has 0 spiro atoms. The summed E-state index contributed by atoms with van der Waals surface area (Å²) in [6.45, 7) is 4.81. The average Bonchev–Trinajstić information content (AvgIpc) is 3.18. The Morgan fingerprint density at radius 2 is 1.29 bits per heavy atom. The van der Waals surface area contributed by atoms with Crippen molar-refractivity contribution in [1.29, 1.82) is 0 Å². The standard InChI is InChI=1S/C43H42N4O4/c1-30-40(28-47(26-32-10-4-2-5-11-32)27-33-12-6-3-7-13-33)50-43(51-41(30)35-20-18-34(29-48)19-21-35)36-22-16-31(17-23-36)24-45-42(49)39-25-44-37-14-8-9-15-38(37)46-39/h2-23,25,30,40-41,43,48H,24,26-29H2,1H3,(H,45,49)/t30-,40+,41+,43+/m1/s1. The largest absolute Gasteiger partial charge is 0.392 e. The van der Waals surface area contributed by atoms with Gasteiger partial charge in [-0.3, -0.25) is 14.7 Å². The van der Waals surface area contributed by atoms with E-state index in [4.69, 9.17) is 9.47 Å². The van der Waals surface area contributed by atoms with Crippen LogP contribution in [0.5, 0.6) is 0 Å². The Labute approximate surface area is 298 Å². The molecule has 4 atom stereocenters. The predicted octanol–water partition coefficient (Wildman–Crippen LogP) is 7.55. The maximum atomic E-state index is 12.9. The van der Waals surface area contributed by atoms with Crippen LogP contribution in [0.3, 0.4) is 0 Å². The fourth-order valence-electron chi connectivity index (χ4n) is 6.58. The van der Waals surface area contributed by atoms with Crippen LogP contribution in [0, 0.1) is 5.92 Å². The predicted molar refractivity (Wildman–Crippen MR) is 197 cm³/mol. The average molecular weight is 679 g/mol. The highest BCUT2D eigenvalue weighted by Gasteiger charge is 2.39. The molecule has 0 aliphatic carbocycles. The van der Waals surface area contributed by atoms with Gasteiger partial charge in [-0.2, -0.15) is 0 Å². The first-order valence-electron chi connectivity index (χ1n) is 17.4. The lowest BCUT2D eigenvalue weighted by atomic mass is 9.89. The fraction of sp³-hybridized carbons (Fsp3) is 0.233. The number of aliphatic hydroxyl groups excluding tert-OH is 1. The highest BCUT2D eigenvalue weighted by molar-refractivity contribution is 5.93. The third-order valence-corrected chi connectivity index (χ3v) is 9.45. The van der Waals surface area contributed by atoms with Crippen LogP contribution < -0.4 is 5.32 Å². The molecule has 0 unspecified atom stereocenters. The van der Waals surface area contributed by atoms with E-state index < -0.39 is 6.29 Å². The van der Waals surface area contributed by atoms with Gasteiger partial charge in [0, 0.05) is 37.7 Å². The summed E-state index contributed by atoms with van der Waals surface area (Å²) in [6.07, 6.45) is 0.546. The summed E-state index contributed by atoms with van der Waals surface area (Å²) in [6, 6.07) is 44.6. The number of aromatic nitrogens is 2. The second-order valence-electron chi connectivity index (χ2n) is 13.1. The third kappa shape index (κ3) is 8.56. The second-order valence-corrected chi connectivity index (χ2v) is 13.1. The Kier molecular flexibility index (Phi) is 10.9. The molecule has 7 rings (SSSR count). The van der Waals surface area contributed by atoms with Crippen LogP contribution in [0.2, 0.25) is 0 Å². The van der Waals surface area contributed by atoms with Gasteiger partial charge in [0.05, 0.1) is 36.0 Å². The number of carbonyl (C=O) groups is 1. The first-order valence-corrected chi connectivity index (χ1v) is 17.4. The van der Waals surface area contributed by atoms with E-state index in [2.05, 4.69) is 75.6 Å². The molecule has 1 aliphatic heterocycles. The van der Waals surface area contributed by atoms with Crippen molar-refractivity contribution in [1.82, 2.24) is 20.2 Å². The zero-order valence-electron chi connectivity index (χ0n) is 28.6. The molecular weight excluding hydrogens is 636 g/mol. The molecule has 8 heteroatoms. The van der Waals surface area contributed by atoms with Crippen molar-refractivity contribution in [2.24, 2.45) is 5.92 Å². The number of amides is 1. The van der Waals surface area contributed by atoms with Gasteiger partial charge in [-0.05, 0) is 39.9 Å². The molecule has 1 amide bonds. The molecule has 1 saturated heterocycles. The van der Waals surface area contributed by atoms with Gasteiger partial charge in [-0.1, -0.05) is 128 Å². The number of aliphatic hydroxyl groups is 1. The molecule has 1 aromatic heterocycles. The minimum absolute atomic E-state index is 0.00783. The molecule has 8 nitrogen and oxygen atoms in total. The molecule has 2 heterocycles. The van der Waals surface area contributed by atoms with Crippen molar-refractivity contribution in [3.63, 3.8) is 0 Å². The van der Waals surface area contributed by atoms with Crippen molar-refractivity contribution in [2.45, 2.75) is 51.7 Å². The van der Waals surface area contributed by atoms with Crippen LogP contribution >= 0.6 is 0 Å². The number of benzene rings is 5. The lowest BCUT2D eigenvalue weighted by Crippen LogP contribution is -2.44. The van der Waals surface area contributed by atoms with Crippen LogP contribution in [-0.4, -0.2) is 38.5 Å². The Balaban J connectivity index is 1.09. The molecule has 6 aromatic rings. The molecule has 2 N–H and O–H groups in total. The van der Waals surface area contributed by atoms with Crippen LogP contribution in [0.25, 0.3) is 11.0 Å². The molecule has 51 heavy (non-hydrogen) atoms. The van der Waals surface area contributed by atoms with Crippen molar-refractivity contribution in [2.75, 3.05) is 6.54 Å². The smallest absolute Gasteiger partial charge is 0.271 e. The van der Waals surface area contributed by atoms with Crippen molar-refractivity contribution >= 4 is 16.9 Å². The van der Waals surface area contributed by atoms with Gasteiger partial charge < -0.3 is 19.9 Å². The van der Waals surface area contributed by atoms with Crippen LogP contribution in [-0.2, 0) is 35.7 Å². The molecule has 1 aliphatic rings. The minimum Gasteiger partial charge on any atom is -0.392 e. The molecule has 0 bridgehead atoms. The summed E-state index contributed by atoms with van der Waals surface area (Å²) in [5, 5.41) is 12.6. The number of ether oxygens (including phenoxy) is 2. The van der Waals surface area contributed by atoms with Crippen LogP contribution in [0.15, 0.2) is 140 Å². The molecule has 0 radical (unpaired) electrons. The molecular formula is C43H42N4O4. The van der Waals surface area contributed by atoms with Gasteiger partial charge in [0.1, 0.15) is 5.69 Å². The molecule has 1 fully saturated rings. The second kappa shape index (κ2) is 16.2. The Morgan fingerprint density at radius 3 is 1.94 bits per heavy atom. The number of para-hydroxylation sites is 2. The first kappa shape index (κ1) is 34.2. The highest BCUT2D eigenvalue weighted by atomic mass is 16.7. The molecule has 0 saturated carbocycles. The number of nitrogens with zero attached hydrogens (tertiary/aromatic N) is 3. The van der Waals surface area contributed by atoms with Gasteiger partial charge in [0.15, 0.2) is 6.29 Å². The van der Waals surface area contributed by atoms with E-state index in [9.17, 15) is 9.90 Å². The number of fused-ring (bicyclic) bond motifs is 1. The summed E-state index contributed by atoms with van der Waals surface area (Å²) in [4.78, 5) is 24.2. The highest BCUT2D eigenvalue weighted by Crippen LogP contribution is 2.42. The maximum Gasteiger partial charge on any atom is 0.271 e. The lowest BCUT2D eigenvalue weighted by Gasteiger charge is -2.43. The van der Waals surface area contributed by atoms with Crippen molar-refractivity contribution < 1.29 is 19.4 Å². The number of hydrogen-bond donors (Lipinski definition) is 2. The monoisotopic (exact) mass is 678 g/mol. The normalized spacial score (nSPS) is 18.9. The first-order chi connectivity index (χ1) is 25.0. The van der Waals surface area contributed by atoms with Gasteiger partial charge in [-0.15, -0.1) is 0 Å². The minimum atomic E-state index is -0.597. The number of rotatable bonds is 12. The molecule has 5 aromatic carbocycles. The van der Waals surface area contributed by atoms with Gasteiger partial charge in [0.2, 0.25) is 0 Å². The van der Waals surface area contributed by atoms with Crippen molar-refractivity contribution in [3.05, 3.63) is 179 Å². The van der Waals surface area contributed by atoms with E-state index in [1.54, 1.807) is 0 Å². The van der Waals surface area contributed by atoms with Gasteiger partial charge in [-0.25, -0.2) is 4.98 Å². The summed E-state index contributed by atoms with van der Waals surface area (Å²) < 4.78 is 13.6. The van der Waals surface area contributed by atoms with Crippen LogP contribution in [0.1, 0.15) is 63.2 Å². The fourth-order valence-corrected chi connectivity index (χ4v) is 6.58. The van der Waals surface area contributed by atoms with E-state index in [1.807, 2.05) is 84.9 Å². The number of carbonyl (C=O) groups excluding carboxylic acids is 1. The van der Waals surface area contributed by atoms with Crippen molar-refractivity contribution in [3.8, 4) is 0 Å². The van der Waals surface area contributed by atoms with Gasteiger partial charge in [0.25, 0.3) is 5.91 Å². The SMILES string of the molecule is C[C@@H]1[C@H](CN(Cc2ccccc2)Cc2ccccc2)O[C@H](c2ccc(CNC(=O)c3cnc4ccccc4n3)cc2)O[C@@H]1c1ccc(CO)cc1. The quantitative estimate of drug-likeness (QED) is 0.138. The number of nitrogens with one attached hydrogen (secondary N) is 1. The van der Waals surface area contributed by atoms with E-state index in [-0.39, 0.29) is 36.3 Å². The van der Waals surface area contributed by atoms with E-state index in [1.165, 1.54) is 17.3 Å². The maximum absolute atomic E-state index is 12.9. The Hall–Kier alpha value is -5.25. The Bertz CT molecular complexity index is 1980. The van der Waals surface area contributed by atoms with Gasteiger partial charge >= 0.3 is 0 Å². The van der Waals surface area contributed by atoms with E-state index in [0.29, 0.717) is 18.6 Å². The number of hydrogen-bond acceptors (Lipinski definition) is 7. The zero-order chi connectivity index (χ0) is 35.0. The summed E-state index contributed by atoms with van der Waals surface area (Å²) in [5.41, 5.74) is 7.95. The Morgan fingerprint density at radius 1 is 0.706 bits per heavy atom. The van der Waals surface area contributed by atoms with E-state index in [0.717, 1.165) is 40.9 Å². The summed E-state index contributed by atoms with van der Waals surface area (Å²) >= 11 is 0.